The van der Waals surface area contributed by atoms with Crippen molar-refractivity contribution in [1.29, 1.82) is 0 Å². The summed E-state index contributed by atoms with van der Waals surface area (Å²) in [5, 5.41) is 8.95. The molecule has 1 saturated carbocycles. The Hall–Kier alpha value is -1.28. The minimum absolute atomic E-state index is 0. The fraction of sp³-hybridized carbons (Fsp3) is 0.421. The number of benzene rings is 1. The van der Waals surface area contributed by atoms with Crippen LogP contribution in [0.15, 0.2) is 46.8 Å². The number of methoxy groups -OCH3 is 1. The number of rotatable bonds is 7. The maximum atomic E-state index is 5.55. The molecule has 4 nitrogen and oxygen atoms in total. The van der Waals surface area contributed by atoms with Crippen LogP contribution in [0, 0.1) is 0 Å². The van der Waals surface area contributed by atoms with Crippen molar-refractivity contribution in [2.45, 2.75) is 31.7 Å². The van der Waals surface area contributed by atoms with Gasteiger partial charge in [0.05, 0.1) is 13.7 Å². The number of thiophene rings is 1. The van der Waals surface area contributed by atoms with Gasteiger partial charge < -0.3 is 15.4 Å². The van der Waals surface area contributed by atoms with Crippen molar-refractivity contribution in [2.24, 2.45) is 4.99 Å². The molecule has 0 atom stereocenters. The first-order valence-corrected chi connectivity index (χ1v) is 9.33. The molecule has 3 rings (SSSR count). The molecule has 6 heteroatoms. The molecule has 0 spiro atoms. The Bertz CT molecular complexity index is 684. The fourth-order valence-corrected chi connectivity index (χ4v) is 3.56. The smallest absolute Gasteiger partial charge is 0.191 e. The van der Waals surface area contributed by atoms with Gasteiger partial charge >= 0.3 is 0 Å². The SMILES string of the molecule is CCNC(=NCc1cccs1)NCC1(c2ccccc2OC)CC1.I. The molecule has 0 unspecified atom stereocenters. The van der Waals surface area contributed by atoms with Gasteiger partial charge in [0.2, 0.25) is 0 Å². The summed E-state index contributed by atoms with van der Waals surface area (Å²) in [5.74, 6) is 1.87. The van der Waals surface area contributed by atoms with Crippen molar-refractivity contribution in [3.63, 3.8) is 0 Å². The largest absolute Gasteiger partial charge is 0.496 e. The second-order valence-electron chi connectivity index (χ2n) is 6.11. The molecule has 1 aliphatic carbocycles. The first kappa shape index (κ1) is 20.0. The number of hydrogen-bond donors (Lipinski definition) is 2. The lowest BCUT2D eigenvalue weighted by Gasteiger charge is -2.21. The zero-order valence-electron chi connectivity index (χ0n) is 14.7. The topological polar surface area (TPSA) is 45.7 Å². The number of nitrogens with one attached hydrogen (secondary N) is 2. The van der Waals surface area contributed by atoms with Gasteiger partial charge in [0, 0.05) is 28.9 Å². The van der Waals surface area contributed by atoms with E-state index in [4.69, 9.17) is 9.73 Å². The van der Waals surface area contributed by atoms with Crippen molar-refractivity contribution >= 4 is 41.3 Å². The van der Waals surface area contributed by atoms with Crippen LogP contribution in [0.25, 0.3) is 0 Å². The van der Waals surface area contributed by atoms with Crippen LogP contribution in [0.3, 0.4) is 0 Å². The highest BCUT2D eigenvalue weighted by molar-refractivity contribution is 14.0. The molecule has 0 bridgehead atoms. The number of nitrogens with zero attached hydrogens (tertiary/aromatic N) is 1. The lowest BCUT2D eigenvalue weighted by Crippen LogP contribution is -2.41. The summed E-state index contributed by atoms with van der Waals surface area (Å²) in [6, 6.07) is 12.5. The summed E-state index contributed by atoms with van der Waals surface area (Å²) in [4.78, 5) is 5.97. The van der Waals surface area contributed by atoms with Crippen LogP contribution in [0.1, 0.15) is 30.2 Å². The third-order valence-electron chi connectivity index (χ3n) is 4.44. The van der Waals surface area contributed by atoms with Gasteiger partial charge in [-0.3, -0.25) is 0 Å². The number of aliphatic imine (C=N–C) groups is 1. The molecular weight excluding hydrogens is 445 g/mol. The Kier molecular flexibility index (Phi) is 7.56. The first-order valence-electron chi connectivity index (χ1n) is 8.45. The molecule has 1 aromatic carbocycles. The van der Waals surface area contributed by atoms with E-state index < -0.39 is 0 Å². The van der Waals surface area contributed by atoms with E-state index in [9.17, 15) is 0 Å². The predicted molar refractivity (Wildman–Crippen MR) is 116 cm³/mol. The van der Waals surface area contributed by atoms with Gasteiger partial charge in [-0.2, -0.15) is 0 Å². The summed E-state index contributed by atoms with van der Waals surface area (Å²) in [6.45, 7) is 4.55. The first-order chi connectivity index (χ1) is 11.8. The van der Waals surface area contributed by atoms with E-state index in [1.807, 2.05) is 12.1 Å². The van der Waals surface area contributed by atoms with E-state index in [1.165, 1.54) is 23.3 Å². The van der Waals surface area contributed by atoms with Crippen LogP contribution in [0.5, 0.6) is 5.75 Å². The Balaban J connectivity index is 0.00000225. The molecule has 25 heavy (non-hydrogen) atoms. The Labute approximate surface area is 171 Å². The van der Waals surface area contributed by atoms with Gasteiger partial charge in [0.15, 0.2) is 5.96 Å². The minimum Gasteiger partial charge on any atom is -0.496 e. The zero-order valence-corrected chi connectivity index (χ0v) is 17.9. The highest BCUT2D eigenvalue weighted by Crippen LogP contribution is 2.50. The average molecular weight is 471 g/mol. The van der Waals surface area contributed by atoms with Crippen LogP contribution < -0.4 is 15.4 Å². The molecule has 1 fully saturated rings. The lowest BCUT2D eigenvalue weighted by molar-refractivity contribution is 0.403. The van der Waals surface area contributed by atoms with Crippen LogP contribution in [0.2, 0.25) is 0 Å². The maximum Gasteiger partial charge on any atom is 0.191 e. The van der Waals surface area contributed by atoms with E-state index in [0.717, 1.165) is 24.8 Å². The second kappa shape index (κ2) is 9.43. The van der Waals surface area contributed by atoms with Gasteiger partial charge in [-0.1, -0.05) is 24.3 Å². The molecule has 2 N–H and O–H groups in total. The fourth-order valence-electron chi connectivity index (χ4n) is 2.93. The van der Waals surface area contributed by atoms with Gasteiger partial charge in [-0.05, 0) is 37.3 Å². The highest BCUT2D eigenvalue weighted by atomic mass is 127. The molecule has 2 aromatic rings. The monoisotopic (exact) mass is 471 g/mol. The number of ether oxygens (including phenoxy) is 1. The number of guanidine groups is 1. The summed E-state index contributed by atoms with van der Waals surface area (Å²) in [6.07, 6.45) is 2.37. The molecule has 1 heterocycles. The molecule has 136 valence electrons. The third-order valence-corrected chi connectivity index (χ3v) is 5.30. The molecular formula is C19H26IN3OS. The summed E-state index contributed by atoms with van der Waals surface area (Å²) in [5.41, 5.74) is 1.47. The molecule has 1 aliphatic rings. The normalized spacial score (nSPS) is 15.2. The van der Waals surface area contributed by atoms with Crippen molar-refractivity contribution in [1.82, 2.24) is 10.6 Å². The van der Waals surface area contributed by atoms with Gasteiger partial charge in [-0.15, -0.1) is 35.3 Å². The summed E-state index contributed by atoms with van der Waals surface area (Å²) in [7, 11) is 1.74. The van der Waals surface area contributed by atoms with Crippen molar-refractivity contribution < 1.29 is 4.74 Å². The minimum atomic E-state index is 0. The third kappa shape index (κ3) is 5.10. The van der Waals surface area contributed by atoms with E-state index in [2.05, 4.69) is 47.2 Å². The van der Waals surface area contributed by atoms with Crippen LogP contribution in [-0.4, -0.2) is 26.2 Å². The predicted octanol–water partition coefficient (Wildman–Crippen LogP) is 4.16. The maximum absolute atomic E-state index is 5.55. The van der Waals surface area contributed by atoms with Crippen LogP contribution >= 0.6 is 35.3 Å². The molecule has 0 radical (unpaired) electrons. The molecule has 0 amide bonds. The Morgan fingerprint density at radius 3 is 2.64 bits per heavy atom. The van der Waals surface area contributed by atoms with E-state index in [-0.39, 0.29) is 29.4 Å². The molecule has 1 aromatic heterocycles. The van der Waals surface area contributed by atoms with Gasteiger partial charge in [0.25, 0.3) is 0 Å². The van der Waals surface area contributed by atoms with Gasteiger partial charge in [0.1, 0.15) is 5.75 Å². The van der Waals surface area contributed by atoms with E-state index in [0.29, 0.717) is 6.54 Å². The molecule has 0 saturated heterocycles. The average Bonchev–Trinajstić information content (AvgIpc) is 3.23. The number of para-hydroxylation sites is 1. The van der Waals surface area contributed by atoms with Crippen molar-refractivity contribution in [2.75, 3.05) is 20.2 Å². The van der Waals surface area contributed by atoms with E-state index in [1.54, 1.807) is 18.4 Å². The number of halogens is 1. The second-order valence-corrected chi connectivity index (χ2v) is 7.14. The lowest BCUT2D eigenvalue weighted by atomic mass is 9.95. The summed E-state index contributed by atoms with van der Waals surface area (Å²) < 4.78 is 5.55. The van der Waals surface area contributed by atoms with Crippen molar-refractivity contribution in [3.05, 3.63) is 52.2 Å². The van der Waals surface area contributed by atoms with Crippen molar-refractivity contribution in [3.8, 4) is 5.75 Å². The Morgan fingerprint density at radius 1 is 1.20 bits per heavy atom. The van der Waals surface area contributed by atoms with Gasteiger partial charge in [-0.25, -0.2) is 4.99 Å². The number of hydrogen-bond acceptors (Lipinski definition) is 3. The Morgan fingerprint density at radius 2 is 2.00 bits per heavy atom. The molecule has 0 aliphatic heterocycles. The quantitative estimate of drug-likeness (QED) is 0.362. The van der Waals surface area contributed by atoms with Crippen LogP contribution in [-0.2, 0) is 12.0 Å². The highest BCUT2D eigenvalue weighted by Gasteiger charge is 2.46. The van der Waals surface area contributed by atoms with E-state index >= 15 is 0 Å². The summed E-state index contributed by atoms with van der Waals surface area (Å²) >= 11 is 1.74. The standard InChI is InChI=1S/C19H25N3OS.HI/c1-3-20-18(21-13-15-7-6-12-24-15)22-14-19(10-11-19)16-8-4-5-9-17(16)23-2;/h4-9,12H,3,10-11,13-14H2,1-2H3,(H2,20,21,22);1H. The zero-order chi connectivity index (χ0) is 16.8. The van der Waals surface area contributed by atoms with Crippen LogP contribution in [0.4, 0.5) is 0 Å².